The van der Waals surface area contributed by atoms with Gasteiger partial charge in [-0.3, -0.25) is 19.4 Å². The molecule has 6 N–H and O–H groups in total. The van der Waals surface area contributed by atoms with E-state index >= 15 is 0 Å². The van der Waals surface area contributed by atoms with Gasteiger partial charge in [-0.2, -0.15) is 0 Å². The van der Waals surface area contributed by atoms with Gasteiger partial charge in [0.1, 0.15) is 30.9 Å². The van der Waals surface area contributed by atoms with Crippen molar-refractivity contribution in [3.8, 4) is 28.8 Å². The largest absolute Gasteiger partial charge is 0.507 e. The summed E-state index contributed by atoms with van der Waals surface area (Å²) in [7, 11) is 0. The zero-order chi connectivity index (χ0) is 41.9. The zero-order valence-corrected chi connectivity index (χ0v) is 34.2. The number of para-hydroxylation sites is 1. The number of amides is 2. The van der Waals surface area contributed by atoms with E-state index in [9.17, 15) is 19.8 Å². The Bertz CT molecular complexity index is 2110. The molecule has 0 spiro atoms. The number of benzene rings is 1. The third-order valence-corrected chi connectivity index (χ3v) is 12.2. The maximum atomic E-state index is 13.5. The van der Waals surface area contributed by atoms with Crippen molar-refractivity contribution >= 4 is 29.0 Å². The molecule has 1 aromatic carbocycles. The van der Waals surface area contributed by atoms with E-state index in [0.717, 1.165) is 70.0 Å². The molecule has 3 unspecified atom stereocenters. The van der Waals surface area contributed by atoms with Crippen molar-refractivity contribution in [2.24, 2.45) is 11.7 Å². The number of primary amides is 1. The summed E-state index contributed by atoms with van der Waals surface area (Å²) in [6.45, 7) is 11.4. The number of hydrogen-bond acceptors (Lipinski definition) is 16. The number of phenolic OH excluding ortho intramolecular Hbond substituents is 1. The van der Waals surface area contributed by atoms with Gasteiger partial charge in [-0.05, 0) is 48.2 Å². The van der Waals surface area contributed by atoms with Crippen LogP contribution in [-0.2, 0) is 9.59 Å². The van der Waals surface area contributed by atoms with Crippen LogP contribution in [0, 0.1) is 5.92 Å². The highest BCUT2D eigenvalue weighted by Gasteiger charge is 2.43. The van der Waals surface area contributed by atoms with E-state index in [1.807, 2.05) is 44.3 Å². The molecule has 3 aromatic heterocycles. The minimum absolute atomic E-state index is 0.0501. The predicted octanol–water partition coefficient (Wildman–Crippen LogP) is 1.93. The van der Waals surface area contributed by atoms with E-state index in [0.29, 0.717) is 66.4 Å². The number of rotatable bonds is 15. The number of hydrogen-bond donors (Lipinski definition) is 4. The molecule has 2 bridgehead atoms. The van der Waals surface area contributed by atoms with Gasteiger partial charge in [-0.25, -0.2) is 4.98 Å². The topological polar surface area (TPSA) is 226 Å². The van der Waals surface area contributed by atoms with E-state index in [-0.39, 0.29) is 30.5 Å². The summed E-state index contributed by atoms with van der Waals surface area (Å²) in [6.07, 6.45) is 3.29. The van der Waals surface area contributed by atoms with Gasteiger partial charge < -0.3 is 50.4 Å². The number of carbonyl (C=O) groups is 2. The zero-order valence-electron chi connectivity index (χ0n) is 34.2. The Morgan fingerprint density at radius 2 is 1.60 bits per heavy atom. The van der Waals surface area contributed by atoms with Crippen LogP contribution in [0.3, 0.4) is 0 Å². The molecule has 0 saturated carbocycles. The van der Waals surface area contributed by atoms with Gasteiger partial charge in [0, 0.05) is 107 Å². The Morgan fingerprint density at radius 1 is 0.917 bits per heavy atom. The lowest BCUT2D eigenvalue weighted by molar-refractivity contribution is -0.139. The van der Waals surface area contributed by atoms with E-state index in [1.165, 1.54) is 4.90 Å². The molecule has 5 atom stereocenters. The average Bonchev–Trinajstić information content (AvgIpc) is 3.94. The van der Waals surface area contributed by atoms with Crippen LogP contribution >= 0.6 is 0 Å². The lowest BCUT2D eigenvalue weighted by Crippen LogP contribution is -2.54. The highest BCUT2D eigenvalue weighted by molar-refractivity contribution is 5.90. The molecule has 2 amide bonds. The number of nitrogen functional groups attached to an aromatic ring is 1. The van der Waals surface area contributed by atoms with Gasteiger partial charge in [0.25, 0.3) is 5.88 Å². The summed E-state index contributed by atoms with van der Waals surface area (Å²) in [5, 5.41) is 33.1. The molecule has 4 aromatic rings. The maximum Gasteiger partial charge on any atom is 0.254 e. The molecule has 0 radical (unpaired) electrons. The fourth-order valence-corrected chi connectivity index (χ4v) is 9.15. The highest BCUT2D eigenvalue weighted by atomic mass is 16.5. The number of nitrogens with zero attached hydrogens (tertiary/aromatic N) is 9. The first kappa shape index (κ1) is 41.0. The van der Waals surface area contributed by atoms with E-state index < -0.39 is 24.0 Å². The first-order valence-electron chi connectivity index (χ1n) is 20.9. The second-order valence-corrected chi connectivity index (χ2v) is 16.5. The van der Waals surface area contributed by atoms with Crippen LogP contribution in [0.15, 0.2) is 59.3 Å². The third-order valence-electron chi connectivity index (χ3n) is 12.2. The van der Waals surface area contributed by atoms with Crippen LogP contribution in [0.5, 0.6) is 17.5 Å². The summed E-state index contributed by atoms with van der Waals surface area (Å²) >= 11 is 0. The van der Waals surface area contributed by atoms with Gasteiger partial charge in [0.05, 0.1) is 17.5 Å². The van der Waals surface area contributed by atoms with Crippen molar-refractivity contribution in [3.63, 3.8) is 0 Å². The molecule has 60 heavy (non-hydrogen) atoms. The molecular formula is C42H55N11O7. The van der Waals surface area contributed by atoms with Crippen molar-refractivity contribution in [1.82, 2.24) is 35.0 Å². The molecule has 18 heteroatoms. The normalized spacial score (nSPS) is 22.7. The molecule has 4 saturated heterocycles. The van der Waals surface area contributed by atoms with Crippen molar-refractivity contribution < 1.29 is 33.8 Å². The molecule has 4 aliphatic rings. The molecule has 4 aliphatic heterocycles. The maximum absolute atomic E-state index is 13.5. The smallest absolute Gasteiger partial charge is 0.254 e. The summed E-state index contributed by atoms with van der Waals surface area (Å²) in [5.41, 5.74) is 15.0. The van der Waals surface area contributed by atoms with Crippen LogP contribution in [0.2, 0.25) is 0 Å². The highest BCUT2D eigenvalue weighted by Crippen LogP contribution is 2.39. The Labute approximate surface area is 349 Å². The monoisotopic (exact) mass is 825 g/mol. The molecular weight excluding hydrogens is 771 g/mol. The molecule has 0 aliphatic carbocycles. The van der Waals surface area contributed by atoms with Crippen LogP contribution in [0.4, 0.5) is 17.2 Å². The molecule has 4 fully saturated rings. The predicted molar refractivity (Wildman–Crippen MR) is 223 cm³/mol. The molecule has 320 valence electrons. The fourth-order valence-electron chi connectivity index (χ4n) is 9.15. The standard InChI is InChI=1S/C42H55N11O7/c1-26(2)39(42(57)52-25-30(54)20-34(52)41(44)56)36-22-38(48-60-36)59-18-16-50-13-11-49(12-14-50)15-17-58-37-19-27(9-10-45-37)53-28-7-8-29(53)24-51(23-28)33-21-32(46-47-40(33)43)31-5-3-4-6-35(31)55/h3-6,9-10,19,21-22,26,28-30,34,39,54-55H,7-8,11-18,20,23-25H2,1-2H3,(H2,43,47)(H2,44,56)/t28?,29?,30-,34+,39?/m1/s1. The second-order valence-electron chi connectivity index (χ2n) is 16.5. The number of nitrogens with two attached hydrogens (primary N) is 2. The van der Waals surface area contributed by atoms with Crippen molar-refractivity contribution in [3.05, 3.63) is 60.5 Å². The lowest BCUT2D eigenvalue weighted by atomic mass is 9.91. The fraction of sp³-hybridized carbons (Fsp3) is 0.524. The Kier molecular flexibility index (Phi) is 12.2. The van der Waals surface area contributed by atoms with Gasteiger partial charge in [0.15, 0.2) is 11.6 Å². The van der Waals surface area contributed by atoms with Crippen LogP contribution in [-0.4, -0.2) is 153 Å². The number of anilines is 3. The number of ether oxygens (including phenoxy) is 2. The Hall–Kier alpha value is -5.72. The number of fused-ring (bicyclic) bond motifs is 2. The van der Waals surface area contributed by atoms with Gasteiger partial charge >= 0.3 is 0 Å². The van der Waals surface area contributed by atoms with Gasteiger partial charge in [-0.15, -0.1) is 10.2 Å². The SMILES string of the molecule is CC(C)C(C(=O)N1C[C@H](O)C[C@H]1C(N)=O)c1cc(OCCN2CCN(CCOc3cc(N4C5CCC4CN(c4cc(-c6ccccc6O)nnc4N)C5)ccn3)CC2)no1. The number of piperazine rings is 2. The Balaban J connectivity index is 0.770. The number of aliphatic hydroxyl groups is 1. The first-order chi connectivity index (χ1) is 29.0. The third kappa shape index (κ3) is 8.90. The number of aliphatic hydroxyl groups excluding tert-OH is 1. The van der Waals surface area contributed by atoms with Crippen LogP contribution in [0.25, 0.3) is 11.3 Å². The van der Waals surface area contributed by atoms with Gasteiger partial charge in [0.2, 0.25) is 17.7 Å². The lowest BCUT2D eigenvalue weighted by Gasteiger charge is -2.43. The summed E-state index contributed by atoms with van der Waals surface area (Å²) in [5.74, 6) is -0.00691. The summed E-state index contributed by atoms with van der Waals surface area (Å²) < 4.78 is 17.7. The summed E-state index contributed by atoms with van der Waals surface area (Å²) in [4.78, 5) is 40.8. The minimum Gasteiger partial charge on any atom is -0.507 e. The van der Waals surface area contributed by atoms with Crippen LogP contribution < -0.4 is 30.7 Å². The van der Waals surface area contributed by atoms with Crippen molar-refractivity contribution in [2.75, 3.05) is 87.7 Å². The van der Waals surface area contributed by atoms with E-state index in [2.05, 4.69) is 46.0 Å². The quantitative estimate of drug-likeness (QED) is 0.134. The first-order valence-corrected chi connectivity index (χ1v) is 20.9. The molecule has 7 heterocycles. The molecule has 8 rings (SSSR count). The second kappa shape index (κ2) is 17.9. The van der Waals surface area contributed by atoms with E-state index in [4.69, 9.17) is 25.5 Å². The number of phenols is 1. The number of likely N-dealkylation sites (tertiary alicyclic amines) is 1. The summed E-state index contributed by atoms with van der Waals surface area (Å²) in [6, 6.07) is 14.5. The number of aromatic hydroxyl groups is 1. The van der Waals surface area contributed by atoms with Crippen LogP contribution in [0.1, 0.15) is 44.8 Å². The number of aromatic nitrogens is 4. The number of β-amino-alcohol motifs (C(OH)–C–C–N with tert-alkyl or cyclic N) is 1. The van der Waals surface area contributed by atoms with Crippen molar-refractivity contribution in [2.45, 2.75) is 63.3 Å². The van der Waals surface area contributed by atoms with Crippen molar-refractivity contribution in [1.29, 1.82) is 0 Å². The number of carbonyl (C=O) groups excluding carboxylic acids is 2. The number of pyridine rings is 1. The van der Waals surface area contributed by atoms with E-state index in [1.54, 1.807) is 18.2 Å². The van der Waals surface area contributed by atoms with Gasteiger partial charge in [-0.1, -0.05) is 26.0 Å². The minimum atomic E-state index is -0.850. The molecule has 18 nitrogen and oxygen atoms in total. The Morgan fingerprint density at radius 3 is 2.27 bits per heavy atom. The average molecular weight is 826 g/mol.